The first-order valence-electron chi connectivity index (χ1n) is 6.71. The van der Waals surface area contributed by atoms with Gasteiger partial charge in [0.2, 0.25) is 5.82 Å². The number of hydrogen-bond acceptors (Lipinski definition) is 4. The monoisotopic (exact) mass is 272 g/mol. The van der Waals surface area contributed by atoms with Crippen LogP contribution in [0.1, 0.15) is 40.8 Å². The van der Waals surface area contributed by atoms with Gasteiger partial charge in [-0.1, -0.05) is 12.1 Å². The highest BCUT2D eigenvalue weighted by Crippen LogP contribution is 2.37. The number of phenolic OH excluding ortho intramolecular Hbond substituents is 1. The molecular formula is C14H16N4O2. The Balaban J connectivity index is 1.49. The number of H-pyrrole nitrogens is 1. The van der Waals surface area contributed by atoms with Gasteiger partial charge in [0.25, 0.3) is 5.91 Å². The van der Waals surface area contributed by atoms with Crippen molar-refractivity contribution in [1.82, 2.24) is 20.5 Å². The molecule has 0 spiro atoms. The summed E-state index contributed by atoms with van der Waals surface area (Å²) in [5.74, 6) is 1.46. The average Bonchev–Trinajstić information content (AvgIpc) is 3.18. The molecule has 1 aliphatic carbocycles. The van der Waals surface area contributed by atoms with Crippen molar-refractivity contribution in [1.29, 1.82) is 0 Å². The quantitative estimate of drug-likeness (QED) is 0.766. The number of hydrogen-bond donors (Lipinski definition) is 3. The molecule has 0 unspecified atom stereocenters. The first-order chi connectivity index (χ1) is 9.72. The van der Waals surface area contributed by atoms with Gasteiger partial charge >= 0.3 is 0 Å². The minimum Gasteiger partial charge on any atom is -0.508 e. The van der Waals surface area contributed by atoms with Crippen LogP contribution in [0.2, 0.25) is 0 Å². The molecule has 3 N–H and O–H groups in total. The third-order valence-electron chi connectivity index (χ3n) is 3.31. The molecule has 2 aromatic rings. The van der Waals surface area contributed by atoms with Crippen molar-refractivity contribution in [2.45, 2.75) is 25.2 Å². The van der Waals surface area contributed by atoms with E-state index in [2.05, 4.69) is 20.5 Å². The molecular weight excluding hydrogens is 256 g/mol. The largest absolute Gasteiger partial charge is 0.508 e. The van der Waals surface area contributed by atoms with E-state index in [4.69, 9.17) is 0 Å². The maximum Gasteiger partial charge on any atom is 0.290 e. The van der Waals surface area contributed by atoms with E-state index in [9.17, 15) is 9.90 Å². The molecule has 0 saturated heterocycles. The number of benzene rings is 1. The predicted octanol–water partition coefficient (Wildman–Crippen LogP) is 1.36. The van der Waals surface area contributed by atoms with Crippen LogP contribution in [0.15, 0.2) is 24.3 Å². The Labute approximate surface area is 116 Å². The number of rotatable bonds is 5. The van der Waals surface area contributed by atoms with Crippen LogP contribution in [0.5, 0.6) is 5.75 Å². The number of nitrogens with one attached hydrogen (secondary N) is 2. The number of nitrogens with zero attached hydrogens (tertiary/aromatic N) is 2. The van der Waals surface area contributed by atoms with E-state index in [1.165, 1.54) is 0 Å². The second-order valence-electron chi connectivity index (χ2n) is 4.99. The first kappa shape index (κ1) is 12.7. The van der Waals surface area contributed by atoms with Gasteiger partial charge in [-0.15, -0.1) is 5.10 Å². The zero-order valence-electron chi connectivity index (χ0n) is 11.0. The van der Waals surface area contributed by atoms with Crippen LogP contribution in [0.25, 0.3) is 0 Å². The third-order valence-corrected chi connectivity index (χ3v) is 3.31. The number of aromatic nitrogens is 3. The van der Waals surface area contributed by atoms with E-state index >= 15 is 0 Å². The molecule has 1 saturated carbocycles. The second kappa shape index (κ2) is 5.32. The molecule has 1 aromatic carbocycles. The van der Waals surface area contributed by atoms with Gasteiger partial charge < -0.3 is 10.4 Å². The summed E-state index contributed by atoms with van der Waals surface area (Å²) in [5, 5.41) is 18.7. The number of carbonyl (C=O) groups excluding carboxylic acids is 1. The SMILES string of the molecule is O=C(NCCc1ccc(O)cc1)c1n[nH]c(C2CC2)n1. The van der Waals surface area contributed by atoms with Gasteiger partial charge in [0, 0.05) is 12.5 Å². The third kappa shape index (κ3) is 2.96. The molecule has 6 nitrogen and oxygen atoms in total. The zero-order chi connectivity index (χ0) is 13.9. The number of carbonyl (C=O) groups is 1. The van der Waals surface area contributed by atoms with Gasteiger partial charge in [-0.2, -0.15) is 0 Å². The summed E-state index contributed by atoms with van der Waals surface area (Å²) >= 11 is 0. The maximum absolute atomic E-state index is 11.8. The Morgan fingerprint density at radius 2 is 2.10 bits per heavy atom. The van der Waals surface area contributed by atoms with Crippen LogP contribution in [0.3, 0.4) is 0 Å². The lowest BCUT2D eigenvalue weighted by molar-refractivity contribution is 0.0944. The van der Waals surface area contributed by atoms with Crippen molar-refractivity contribution < 1.29 is 9.90 Å². The van der Waals surface area contributed by atoms with Gasteiger partial charge in [0.05, 0.1) is 0 Å². The lowest BCUT2D eigenvalue weighted by atomic mass is 10.1. The summed E-state index contributed by atoms with van der Waals surface area (Å²) in [6.45, 7) is 0.511. The predicted molar refractivity (Wildman–Crippen MR) is 72.5 cm³/mol. The lowest BCUT2D eigenvalue weighted by Gasteiger charge is -2.03. The first-order valence-corrected chi connectivity index (χ1v) is 6.71. The van der Waals surface area contributed by atoms with Crippen molar-refractivity contribution in [3.8, 4) is 5.75 Å². The smallest absolute Gasteiger partial charge is 0.290 e. The molecule has 0 aliphatic heterocycles. The van der Waals surface area contributed by atoms with Crippen molar-refractivity contribution in [2.75, 3.05) is 6.54 Å². The Kier molecular flexibility index (Phi) is 3.37. The minimum absolute atomic E-state index is 0.206. The minimum atomic E-state index is -0.257. The molecule has 6 heteroatoms. The highest BCUT2D eigenvalue weighted by atomic mass is 16.3. The van der Waals surface area contributed by atoms with Crippen LogP contribution < -0.4 is 5.32 Å². The van der Waals surface area contributed by atoms with E-state index < -0.39 is 0 Å². The summed E-state index contributed by atoms with van der Waals surface area (Å²) in [5.41, 5.74) is 1.05. The van der Waals surface area contributed by atoms with E-state index in [-0.39, 0.29) is 17.5 Å². The van der Waals surface area contributed by atoms with Crippen molar-refractivity contribution >= 4 is 5.91 Å². The highest BCUT2D eigenvalue weighted by molar-refractivity contribution is 5.90. The summed E-state index contributed by atoms with van der Waals surface area (Å²) < 4.78 is 0. The van der Waals surface area contributed by atoms with Crippen molar-refractivity contribution in [2.24, 2.45) is 0 Å². The summed E-state index contributed by atoms with van der Waals surface area (Å²) in [6, 6.07) is 6.93. The topological polar surface area (TPSA) is 90.9 Å². The van der Waals surface area contributed by atoms with Crippen LogP contribution >= 0.6 is 0 Å². The zero-order valence-corrected chi connectivity index (χ0v) is 11.0. The fraction of sp³-hybridized carbons (Fsp3) is 0.357. The summed E-state index contributed by atoms with van der Waals surface area (Å²) in [7, 11) is 0. The summed E-state index contributed by atoms with van der Waals surface area (Å²) in [4.78, 5) is 16.0. The van der Waals surface area contributed by atoms with Crippen LogP contribution in [-0.4, -0.2) is 32.7 Å². The van der Waals surface area contributed by atoms with Crippen LogP contribution in [0, 0.1) is 0 Å². The van der Waals surface area contributed by atoms with Crippen molar-refractivity contribution in [3.05, 3.63) is 41.5 Å². The number of phenols is 1. The molecule has 20 heavy (non-hydrogen) atoms. The number of aromatic hydroxyl groups is 1. The molecule has 1 fully saturated rings. The molecule has 104 valence electrons. The Morgan fingerprint density at radius 1 is 1.35 bits per heavy atom. The van der Waals surface area contributed by atoms with E-state index in [1.807, 2.05) is 12.1 Å². The van der Waals surface area contributed by atoms with Gasteiger partial charge in [-0.05, 0) is 37.0 Å². The Hall–Kier alpha value is -2.37. The highest BCUT2D eigenvalue weighted by Gasteiger charge is 2.28. The van der Waals surface area contributed by atoms with E-state index in [0.717, 1.165) is 24.2 Å². The molecule has 0 atom stereocenters. The fourth-order valence-corrected chi connectivity index (χ4v) is 1.98. The van der Waals surface area contributed by atoms with Gasteiger partial charge in [-0.3, -0.25) is 9.89 Å². The van der Waals surface area contributed by atoms with Gasteiger partial charge in [0.1, 0.15) is 11.6 Å². The summed E-state index contributed by atoms with van der Waals surface area (Å²) in [6.07, 6.45) is 2.94. The fourth-order valence-electron chi connectivity index (χ4n) is 1.98. The number of amides is 1. The Morgan fingerprint density at radius 3 is 2.80 bits per heavy atom. The second-order valence-corrected chi connectivity index (χ2v) is 4.99. The number of aromatic amines is 1. The van der Waals surface area contributed by atoms with Crippen LogP contribution in [0.4, 0.5) is 0 Å². The van der Waals surface area contributed by atoms with Crippen molar-refractivity contribution in [3.63, 3.8) is 0 Å². The standard InChI is InChI=1S/C14H16N4O2/c19-11-5-1-9(2-6-11)7-8-15-14(20)13-16-12(17-18-13)10-3-4-10/h1-2,5-6,10,19H,3-4,7-8H2,(H,15,20)(H,16,17,18). The molecule has 1 amide bonds. The average molecular weight is 272 g/mol. The molecule has 1 heterocycles. The molecule has 1 aromatic heterocycles. The van der Waals surface area contributed by atoms with E-state index in [0.29, 0.717) is 18.9 Å². The molecule has 0 bridgehead atoms. The molecule has 0 radical (unpaired) electrons. The normalized spacial score (nSPS) is 14.2. The van der Waals surface area contributed by atoms with Gasteiger partial charge in [0.15, 0.2) is 0 Å². The maximum atomic E-state index is 11.8. The van der Waals surface area contributed by atoms with Gasteiger partial charge in [-0.25, -0.2) is 4.98 Å². The molecule has 1 aliphatic rings. The lowest BCUT2D eigenvalue weighted by Crippen LogP contribution is -2.26. The van der Waals surface area contributed by atoms with Crippen LogP contribution in [-0.2, 0) is 6.42 Å². The Bertz CT molecular complexity index is 602. The molecule has 3 rings (SSSR count). The van der Waals surface area contributed by atoms with E-state index in [1.54, 1.807) is 12.1 Å².